The molecule has 1 rings (SSSR count). The Labute approximate surface area is 88.9 Å². The van der Waals surface area contributed by atoms with Crippen LogP contribution in [0.2, 0.25) is 0 Å². The number of rotatable bonds is 5. The lowest BCUT2D eigenvalue weighted by molar-refractivity contribution is -0.120. The molecule has 82 valence electrons. The molecule has 0 amide bonds. The Kier molecular flexibility index (Phi) is 4.79. The smallest absolute Gasteiger partial charge is 0.136 e. The molecule has 0 aromatic rings. The third kappa shape index (κ3) is 3.19. The molecule has 0 N–H and O–H groups in total. The van der Waals surface area contributed by atoms with Crippen molar-refractivity contribution < 1.29 is 9.00 Å². The number of carbonyl (C=O) groups is 1. The molecular weight excluding hydrogens is 196 g/mol. The molecule has 0 aromatic heterocycles. The van der Waals surface area contributed by atoms with Crippen LogP contribution in [0.15, 0.2) is 0 Å². The summed E-state index contributed by atoms with van der Waals surface area (Å²) in [5.41, 5.74) is 0. The minimum Gasteiger partial charge on any atom is -0.299 e. The summed E-state index contributed by atoms with van der Waals surface area (Å²) in [6.45, 7) is 4.08. The van der Waals surface area contributed by atoms with Crippen molar-refractivity contribution in [3.05, 3.63) is 0 Å². The van der Waals surface area contributed by atoms with Gasteiger partial charge in [-0.2, -0.15) is 0 Å². The van der Waals surface area contributed by atoms with E-state index in [1.54, 1.807) is 0 Å². The maximum atomic E-state index is 11.6. The average Bonchev–Trinajstić information content (AvgIpc) is 2.59. The predicted octanol–water partition coefficient (Wildman–Crippen LogP) is 2.29. The second-order valence-electron chi connectivity index (χ2n) is 4.15. The zero-order valence-electron chi connectivity index (χ0n) is 9.12. The molecule has 1 aliphatic rings. The van der Waals surface area contributed by atoms with Gasteiger partial charge in [-0.1, -0.05) is 13.8 Å². The van der Waals surface area contributed by atoms with Gasteiger partial charge in [-0.15, -0.1) is 0 Å². The maximum absolute atomic E-state index is 11.6. The normalized spacial score (nSPS) is 26.4. The summed E-state index contributed by atoms with van der Waals surface area (Å²) in [5, 5.41) is 0.284. The number of ketones is 1. The molecule has 0 spiro atoms. The first-order valence-electron chi connectivity index (χ1n) is 5.55. The molecule has 3 unspecified atom stereocenters. The number of hydrogen-bond donors (Lipinski definition) is 0. The summed E-state index contributed by atoms with van der Waals surface area (Å²) in [6.07, 6.45) is 4.62. The number of hydrogen-bond acceptors (Lipinski definition) is 2. The van der Waals surface area contributed by atoms with Gasteiger partial charge in [0.2, 0.25) is 0 Å². The minimum absolute atomic E-state index is 0.225. The third-order valence-electron chi connectivity index (χ3n) is 3.12. The topological polar surface area (TPSA) is 34.1 Å². The largest absolute Gasteiger partial charge is 0.299 e. The molecule has 1 fully saturated rings. The summed E-state index contributed by atoms with van der Waals surface area (Å²) >= 11 is 0. The highest BCUT2D eigenvalue weighted by Crippen LogP contribution is 2.24. The molecule has 0 aliphatic heterocycles. The summed E-state index contributed by atoms with van der Waals surface area (Å²) in [5.74, 6) is 1.33. The van der Waals surface area contributed by atoms with E-state index in [9.17, 15) is 9.00 Å². The van der Waals surface area contributed by atoms with Crippen LogP contribution >= 0.6 is 0 Å². The molecule has 0 heterocycles. The van der Waals surface area contributed by atoms with E-state index in [2.05, 4.69) is 6.92 Å². The molecule has 3 heteroatoms. The zero-order chi connectivity index (χ0) is 10.6. The van der Waals surface area contributed by atoms with Gasteiger partial charge >= 0.3 is 0 Å². The zero-order valence-corrected chi connectivity index (χ0v) is 9.94. The summed E-state index contributed by atoms with van der Waals surface area (Å²) < 4.78 is 11.6. The highest BCUT2D eigenvalue weighted by Gasteiger charge is 2.24. The van der Waals surface area contributed by atoms with Gasteiger partial charge in [0.15, 0.2) is 0 Å². The van der Waals surface area contributed by atoms with Crippen LogP contribution in [0.25, 0.3) is 0 Å². The van der Waals surface area contributed by atoms with Gasteiger partial charge in [-0.25, -0.2) is 0 Å². The van der Waals surface area contributed by atoms with E-state index in [4.69, 9.17) is 0 Å². The van der Waals surface area contributed by atoms with Gasteiger partial charge in [-0.05, 0) is 25.7 Å². The van der Waals surface area contributed by atoms with Crippen molar-refractivity contribution >= 4 is 16.6 Å². The standard InChI is InChI=1S/C11H20O2S/c1-3-9(2)14(13)8-7-10-5-4-6-11(10)12/h9-10H,3-8H2,1-2H3. The minimum atomic E-state index is -0.728. The summed E-state index contributed by atoms with van der Waals surface area (Å²) in [4.78, 5) is 11.3. The van der Waals surface area contributed by atoms with Crippen LogP contribution in [0.3, 0.4) is 0 Å². The van der Waals surface area contributed by atoms with Gasteiger partial charge in [0.05, 0.1) is 0 Å². The fraction of sp³-hybridized carbons (Fsp3) is 0.909. The first-order valence-corrected chi connectivity index (χ1v) is 6.93. The Hall–Kier alpha value is -0.180. The SMILES string of the molecule is CCC(C)S(=O)CCC1CCCC1=O. The number of Topliss-reactive ketones (excluding diaryl/α,β-unsaturated/α-hetero) is 1. The van der Waals surface area contributed by atoms with E-state index in [0.29, 0.717) is 11.5 Å². The van der Waals surface area contributed by atoms with Gasteiger partial charge in [0, 0.05) is 34.1 Å². The van der Waals surface area contributed by atoms with E-state index in [1.165, 1.54) is 0 Å². The highest BCUT2D eigenvalue weighted by atomic mass is 32.2. The lowest BCUT2D eigenvalue weighted by Gasteiger charge is -2.11. The lowest BCUT2D eigenvalue weighted by Crippen LogP contribution is -2.16. The Morgan fingerprint density at radius 1 is 1.57 bits per heavy atom. The van der Waals surface area contributed by atoms with Crippen molar-refractivity contribution in [1.29, 1.82) is 0 Å². The Bertz CT molecular complexity index is 225. The van der Waals surface area contributed by atoms with E-state index in [1.807, 2.05) is 6.92 Å². The predicted molar refractivity (Wildman–Crippen MR) is 59.7 cm³/mol. The van der Waals surface area contributed by atoms with Gasteiger partial charge in [-0.3, -0.25) is 9.00 Å². The van der Waals surface area contributed by atoms with E-state index >= 15 is 0 Å². The van der Waals surface area contributed by atoms with Crippen molar-refractivity contribution in [2.45, 2.75) is 51.2 Å². The molecule has 1 aliphatic carbocycles. The van der Waals surface area contributed by atoms with Crippen molar-refractivity contribution in [3.8, 4) is 0 Å². The molecule has 0 aromatic carbocycles. The molecule has 0 radical (unpaired) electrons. The lowest BCUT2D eigenvalue weighted by atomic mass is 10.1. The molecule has 1 saturated carbocycles. The maximum Gasteiger partial charge on any atom is 0.136 e. The van der Waals surface area contributed by atoms with E-state index in [-0.39, 0.29) is 11.2 Å². The van der Waals surface area contributed by atoms with Crippen LogP contribution in [0.1, 0.15) is 46.0 Å². The van der Waals surface area contributed by atoms with Crippen LogP contribution in [-0.4, -0.2) is 21.0 Å². The van der Waals surface area contributed by atoms with Crippen molar-refractivity contribution in [1.82, 2.24) is 0 Å². The molecule has 0 saturated heterocycles. The molecule has 0 bridgehead atoms. The summed E-state index contributed by atoms with van der Waals surface area (Å²) in [7, 11) is -0.728. The first kappa shape index (κ1) is 11.9. The molecule has 3 atom stereocenters. The van der Waals surface area contributed by atoms with Gasteiger partial charge in [0.25, 0.3) is 0 Å². The average molecular weight is 216 g/mol. The fourth-order valence-corrected chi connectivity index (χ4v) is 3.13. The quantitative estimate of drug-likeness (QED) is 0.706. The van der Waals surface area contributed by atoms with Crippen LogP contribution in [0.4, 0.5) is 0 Å². The second kappa shape index (κ2) is 5.64. The monoisotopic (exact) mass is 216 g/mol. The third-order valence-corrected chi connectivity index (χ3v) is 4.99. The molecule has 14 heavy (non-hydrogen) atoms. The Morgan fingerprint density at radius 3 is 2.79 bits per heavy atom. The molecule has 2 nitrogen and oxygen atoms in total. The van der Waals surface area contributed by atoms with Crippen LogP contribution in [-0.2, 0) is 15.6 Å². The van der Waals surface area contributed by atoms with Crippen molar-refractivity contribution in [3.63, 3.8) is 0 Å². The Morgan fingerprint density at radius 2 is 2.29 bits per heavy atom. The van der Waals surface area contributed by atoms with E-state index in [0.717, 1.165) is 32.1 Å². The number of carbonyl (C=O) groups excluding carboxylic acids is 1. The highest BCUT2D eigenvalue weighted by molar-refractivity contribution is 7.85. The Balaban J connectivity index is 2.26. The van der Waals surface area contributed by atoms with Crippen LogP contribution in [0.5, 0.6) is 0 Å². The van der Waals surface area contributed by atoms with Gasteiger partial charge < -0.3 is 0 Å². The van der Waals surface area contributed by atoms with Crippen molar-refractivity contribution in [2.24, 2.45) is 5.92 Å². The fourth-order valence-electron chi connectivity index (χ4n) is 1.84. The summed E-state index contributed by atoms with van der Waals surface area (Å²) in [6, 6.07) is 0. The first-order chi connectivity index (χ1) is 6.65. The van der Waals surface area contributed by atoms with E-state index < -0.39 is 10.8 Å². The second-order valence-corrected chi connectivity index (χ2v) is 6.12. The van der Waals surface area contributed by atoms with Crippen LogP contribution < -0.4 is 0 Å². The van der Waals surface area contributed by atoms with Gasteiger partial charge in [0.1, 0.15) is 5.78 Å². The molecular formula is C11H20O2S. The van der Waals surface area contributed by atoms with Crippen LogP contribution in [0, 0.1) is 5.92 Å². The van der Waals surface area contributed by atoms with Crippen molar-refractivity contribution in [2.75, 3.05) is 5.75 Å².